The molecule has 1 amide bonds. The van der Waals surface area contributed by atoms with Crippen molar-refractivity contribution in [2.24, 2.45) is 11.8 Å². The minimum Gasteiger partial charge on any atom is -0.481 e. The monoisotopic (exact) mass is 243 g/mol. The molecule has 2 unspecified atom stereocenters. The summed E-state index contributed by atoms with van der Waals surface area (Å²) in [6.45, 7) is -0.141. The van der Waals surface area contributed by atoms with Crippen LogP contribution < -0.4 is 0 Å². The summed E-state index contributed by atoms with van der Waals surface area (Å²) < 4.78 is 4.46. The molecule has 0 aromatic rings. The van der Waals surface area contributed by atoms with Crippen LogP contribution in [-0.2, 0) is 19.1 Å². The molecule has 0 aromatic carbocycles. The van der Waals surface area contributed by atoms with E-state index in [1.807, 2.05) is 0 Å². The topological polar surface area (TPSA) is 83.9 Å². The molecule has 0 spiro atoms. The number of likely N-dealkylation sites (N-methyl/N-ethyl adjacent to an activating group) is 1. The van der Waals surface area contributed by atoms with Crippen molar-refractivity contribution in [1.29, 1.82) is 0 Å². The Bertz CT molecular complexity index is 328. The Kier molecular flexibility index (Phi) is 4.48. The Balaban J connectivity index is 2.62. The van der Waals surface area contributed by atoms with E-state index in [0.29, 0.717) is 12.8 Å². The minimum atomic E-state index is -0.938. The zero-order valence-electron chi connectivity index (χ0n) is 10.0. The van der Waals surface area contributed by atoms with Crippen molar-refractivity contribution in [1.82, 2.24) is 4.90 Å². The molecule has 0 radical (unpaired) electrons. The van der Waals surface area contributed by atoms with Crippen LogP contribution >= 0.6 is 0 Å². The highest BCUT2D eigenvalue weighted by Gasteiger charge is 2.39. The molecular weight excluding hydrogens is 226 g/mol. The van der Waals surface area contributed by atoms with E-state index in [9.17, 15) is 14.4 Å². The number of methoxy groups -OCH3 is 1. The fourth-order valence-corrected chi connectivity index (χ4v) is 2.17. The molecule has 2 atom stereocenters. The molecule has 1 N–H and O–H groups in total. The zero-order valence-corrected chi connectivity index (χ0v) is 10.0. The number of esters is 1. The van der Waals surface area contributed by atoms with E-state index >= 15 is 0 Å². The van der Waals surface area contributed by atoms with E-state index in [0.717, 1.165) is 6.42 Å². The molecule has 1 aliphatic carbocycles. The maximum absolute atomic E-state index is 12.0. The molecule has 96 valence electrons. The molecular formula is C11H17NO5. The molecule has 0 aliphatic heterocycles. The first-order chi connectivity index (χ1) is 7.97. The lowest BCUT2D eigenvalue weighted by Gasteiger charge is -2.22. The number of ether oxygens (including phenoxy) is 1. The van der Waals surface area contributed by atoms with Crippen LogP contribution in [0.1, 0.15) is 19.3 Å². The smallest absolute Gasteiger partial charge is 0.325 e. The predicted molar refractivity (Wildman–Crippen MR) is 58.1 cm³/mol. The van der Waals surface area contributed by atoms with E-state index < -0.39 is 23.8 Å². The van der Waals surface area contributed by atoms with Gasteiger partial charge in [0.25, 0.3) is 0 Å². The van der Waals surface area contributed by atoms with Gasteiger partial charge in [-0.25, -0.2) is 0 Å². The van der Waals surface area contributed by atoms with Gasteiger partial charge in [-0.3, -0.25) is 14.4 Å². The second kappa shape index (κ2) is 5.65. The predicted octanol–water partition coefficient (Wildman–Crippen LogP) is 0.119. The maximum atomic E-state index is 12.0. The lowest BCUT2D eigenvalue weighted by Crippen LogP contribution is -2.39. The molecule has 17 heavy (non-hydrogen) atoms. The average Bonchev–Trinajstić information content (AvgIpc) is 2.76. The molecule has 0 saturated heterocycles. The van der Waals surface area contributed by atoms with Gasteiger partial charge in [-0.15, -0.1) is 0 Å². The van der Waals surface area contributed by atoms with Crippen molar-refractivity contribution in [2.45, 2.75) is 19.3 Å². The van der Waals surface area contributed by atoms with Crippen LogP contribution in [-0.4, -0.2) is 48.6 Å². The Morgan fingerprint density at radius 3 is 2.41 bits per heavy atom. The summed E-state index contributed by atoms with van der Waals surface area (Å²) in [5.74, 6) is -2.87. The molecule has 1 saturated carbocycles. The first-order valence-corrected chi connectivity index (χ1v) is 5.52. The van der Waals surface area contributed by atoms with Crippen LogP contribution in [0.3, 0.4) is 0 Å². The zero-order chi connectivity index (χ0) is 13.0. The SMILES string of the molecule is COC(=O)CN(C)C(=O)C1CCCC1C(=O)O. The van der Waals surface area contributed by atoms with Gasteiger partial charge in [0.05, 0.1) is 18.9 Å². The van der Waals surface area contributed by atoms with Crippen molar-refractivity contribution in [3.63, 3.8) is 0 Å². The Morgan fingerprint density at radius 2 is 1.88 bits per heavy atom. The summed E-state index contributed by atoms with van der Waals surface area (Å²) in [5, 5.41) is 8.98. The number of amides is 1. The molecule has 1 rings (SSSR count). The highest BCUT2D eigenvalue weighted by molar-refractivity contribution is 5.87. The fourth-order valence-electron chi connectivity index (χ4n) is 2.17. The molecule has 0 bridgehead atoms. The van der Waals surface area contributed by atoms with Gasteiger partial charge in [-0.2, -0.15) is 0 Å². The third kappa shape index (κ3) is 3.18. The van der Waals surface area contributed by atoms with Gasteiger partial charge in [0.1, 0.15) is 6.54 Å². The standard InChI is InChI=1S/C11H17NO5/c1-12(6-9(13)17-2)10(14)7-4-3-5-8(7)11(15)16/h7-8H,3-6H2,1-2H3,(H,15,16). The van der Waals surface area contributed by atoms with Gasteiger partial charge in [-0.05, 0) is 12.8 Å². The van der Waals surface area contributed by atoms with Crippen LogP contribution in [0.5, 0.6) is 0 Å². The van der Waals surface area contributed by atoms with Crippen LogP contribution in [0.15, 0.2) is 0 Å². The number of rotatable bonds is 4. The number of carbonyl (C=O) groups is 3. The summed E-state index contributed by atoms with van der Waals surface area (Å²) in [7, 11) is 2.73. The summed E-state index contributed by atoms with van der Waals surface area (Å²) in [5.41, 5.74) is 0. The van der Waals surface area contributed by atoms with Gasteiger partial charge in [0.2, 0.25) is 5.91 Å². The van der Waals surface area contributed by atoms with Crippen molar-refractivity contribution in [3.8, 4) is 0 Å². The minimum absolute atomic E-state index is 0.141. The molecule has 6 nitrogen and oxygen atoms in total. The van der Waals surface area contributed by atoms with Crippen molar-refractivity contribution in [2.75, 3.05) is 20.7 Å². The summed E-state index contributed by atoms with van der Waals surface area (Å²) in [6, 6.07) is 0. The molecule has 0 aromatic heterocycles. The maximum Gasteiger partial charge on any atom is 0.325 e. The Morgan fingerprint density at radius 1 is 1.29 bits per heavy atom. The van der Waals surface area contributed by atoms with Crippen LogP contribution in [0, 0.1) is 11.8 Å². The van der Waals surface area contributed by atoms with Gasteiger partial charge in [0.15, 0.2) is 0 Å². The third-order valence-electron chi connectivity index (χ3n) is 3.12. The molecule has 1 aliphatic rings. The van der Waals surface area contributed by atoms with Crippen LogP contribution in [0.4, 0.5) is 0 Å². The number of carboxylic acids is 1. The second-order valence-corrected chi connectivity index (χ2v) is 4.25. The molecule has 0 heterocycles. The summed E-state index contributed by atoms with van der Waals surface area (Å²) in [6.07, 6.45) is 1.83. The Hall–Kier alpha value is -1.59. The summed E-state index contributed by atoms with van der Waals surface area (Å²) in [4.78, 5) is 35.2. The van der Waals surface area contributed by atoms with Gasteiger partial charge >= 0.3 is 11.9 Å². The van der Waals surface area contributed by atoms with Gasteiger partial charge in [0, 0.05) is 7.05 Å². The number of hydrogen-bond donors (Lipinski definition) is 1. The molecule has 6 heteroatoms. The van der Waals surface area contributed by atoms with Gasteiger partial charge < -0.3 is 14.7 Å². The average molecular weight is 243 g/mol. The normalized spacial score (nSPS) is 23.2. The number of hydrogen-bond acceptors (Lipinski definition) is 4. The van der Waals surface area contributed by atoms with E-state index in [4.69, 9.17) is 5.11 Å². The van der Waals surface area contributed by atoms with Crippen molar-refractivity contribution >= 4 is 17.8 Å². The lowest BCUT2D eigenvalue weighted by atomic mass is 9.95. The largest absolute Gasteiger partial charge is 0.481 e. The summed E-state index contributed by atoms with van der Waals surface area (Å²) >= 11 is 0. The van der Waals surface area contributed by atoms with Crippen LogP contribution in [0.2, 0.25) is 0 Å². The highest BCUT2D eigenvalue weighted by Crippen LogP contribution is 2.33. The second-order valence-electron chi connectivity index (χ2n) is 4.25. The first-order valence-electron chi connectivity index (χ1n) is 5.52. The van der Waals surface area contributed by atoms with Crippen LogP contribution in [0.25, 0.3) is 0 Å². The third-order valence-corrected chi connectivity index (χ3v) is 3.12. The van der Waals surface area contributed by atoms with Crippen molar-refractivity contribution < 1.29 is 24.2 Å². The highest BCUT2D eigenvalue weighted by atomic mass is 16.5. The van der Waals surface area contributed by atoms with Gasteiger partial charge in [-0.1, -0.05) is 6.42 Å². The molecule has 1 fully saturated rings. The van der Waals surface area contributed by atoms with E-state index in [1.165, 1.54) is 19.1 Å². The first kappa shape index (κ1) is 13.5. The van der Waals surface area contributed by atoms with Crippen molar-refractivity contribution in [3.05, 3.63) is 0 Å². The lowest BCUT2D eigenvalue weighted by molar-refractivity contribution is -0.151. The number of carbonyl (C=O) groups excluding carboxylic acids is 2. The van der Waals surface area contributed by atoms with E-state index in [1.54, 1.807) is 0 Å². The fraction of sp³-hybridized carbons (Fsp3) is 0.727. The quantitative estimate of drug-likeness (QED) is 0.709. The number of nitrogens with zero attached hydrogens (tertiary/aromatic N) is 1. The van der Waals surface area contributed by atoms with E-state index in [2.05, 4.69) is 4.74 Å². The number of carboxylic acid groups (broad SMARTS) is 1. The van der Waals surface area contributed by atoms with E-state index in [-0.39, 0.29) is 12.5 Å². The Labute approximate surface area is 99.5 Å². The number of aliphatic carboxylic acids is 1.